The number of aliphatic carboxylic acids is 1. The van der Waals surface area contributed by atoms with Gasteiger partial charge < -0.3 is 15.3 Å². The van der Waals surface area contributed by atoms with Crippen LogP contribution in [0, 0.1) is 0 Å². The molecule has 0 aromatic heterocycles. The number of Topliss-reactive ketones (excluding diaryl/α,β-unsaturated/α-hetero) is 1. The highest BCUT2D eigenvalue weighted by atomic mass is 16.4. The molecule has 14 heavy (non-hydrogen) atoms. The first-order valence-electron chi connectivity index (χ1n) is 4.54. The number of carbonyl (C=O) groups excluding carboxylic acids is 1. The lowest BCUT2D eigenvalue weighted by Crippen LogP contribution is -2.40. The van der Waals surface area contributed by atoms with E-state index >= 15 is 0 Å². The van der Waals surface area contributed by atoms with Crippen LogP contribution in [-0.4, -0.2) is 55.0 Å². The van der Waals surface area contributed by atoms with E-state index in [-0.39, 0.29) is 12.2 Å². The van der Waals surface area contributed by atoms with Crippen molar-refractivity contribution in [3.8, 4) is 0 Å². The summed E-state index contributed by atoms with van der Waals surface area (Å²) in [6.45, 7) is 2.80. The molecular formula is C9H18N2O3. The van der Waals surface area contributed by atoms with Crippen molar-refractivity contribution in [2.24, 2.45) is 0 Å². The minimum Gasteiger partial charge on any atom is -0.481 e. The molecule has 0 bridgehead atoms. The van der Waals surface area contributed by atoms with E-state index in [4.69, 9.17) is 5.11 Å². The van der Waals surface area contributed by atoms with Crippen LogP contribution in [0.2, 0.25) is 0 Å². The predicted octanol–water partition coefficient (Wildman–Crippen LogP) is -0.430. The largest absolute Gasteiger partial charge is 0.481 e. The quantitative estimate of drug-likeness (QED) is 0.586. The maximum Gasteiger partial charge on any atom is 0.305 e. The number of carboxylic acids is 1. The Kier molecular flexibility index (Phi) is 6.07. The van der Waals surface area contributed by atoms with Crippen molar-refractivity contribution in [3.05, 3.63) is 0 Å². The number of nitrogens with zero attached hydrogens (tertiary/aromatic N) is 1. The van der Waals surface area contributed by atoms with Crippen molar-refractivity contribution in [3.63, 3.8) is 0 Å². The fraction of sp³-hybridized carbons (Fsp3) is 0.778. The van der Waals surface area contributed by atoms with Crippen molar-refractivity contribution in [2.75, 3.05) is 27.2 Å². The van der Waals surface area contributed by atoms with Crippen LogP contribution in [-0.2, 0) is 9.59 Å². The SMILES string of the molecule is CC(=O)C(CC(=O)O)NCCN(C)C. The highest BCUT2D eigenvalue weighted by Gasteiger charge is 2.16. The van der Waals surface area contributed by atoms with Crippen LogP contribution in [0.1, 0.15) is 13.3 Å². The van der Waals surface area contributed by atoms with E-state index < -0.39 is 12.0 Å². The summed E-state index contributed by atoms with van der Waals surface area (Å²) in [4.78, 5) is 23.4. The fourth-order valence-electron chi connectivity index (χ4n) is 0.997. The standard InChI is InChI=1S/C9H18N2O3/c1-7(12)8(6-9(13)14)10-4-5-11(2)3/h8,10H,4-6H2,1-3H3,(H,13,14). The van der Waals surface area contributed by atoms with E-state index in [2.05, 4.69) is 5.32 Å². The number of likely N-dealkylation sites (N-methyl/N-ethyl adjacent to an activating group) is 1. The molecule has 82 valence electrons. The highest BCUT2D eigenvalue weighted by Crippen LogP contribution is 1.93. The van der Waals surface area contributed by atoms with Crippen molar-refractivity contribution < 1.29 is 14.7 Å². The lowest BCUT2D eigenvalue weighted by molar-refractivity contribution is -0.139. The van der Waals surface area contributed by atoms with Crippen LogP contribution in [0.25, 0.3) is 0 Å². The number of hydrogen-bond acceptors (Lipinski definition) is 4. The van der Waals surface area contributed by atoms with Gasteiger partial charge in [0.25, 0.3) is 0 Å². The summed E-state index contributed by atoms with van der Waals surface area (Å²) in [6.07, 6.45) is -0.150. The number of rotatable bonds is 7. The Labute approximate surface area is 84.1 Å². The first-order valence-corrected chi connectivity index (χ1v) is 4.54. The predicted molar refractivity (Wildman–Crippen MR) is 53.3 cm³/mol. The topological polar surface area (TPSA) is 69.6 Å². The minimum atomic E-state index is -0.956. The molecule has 5 heteroatoms. The summed E-state index contributed by atoms with van der Waals surface area (Å²) in [5.74, 6) is -1.09. The minimum absolute atomic E-state index is 0.133. The lowest BCUT2D eigenvalue weighted by Gasteiger charge is -2.15. The molecule has 0 aliphatic carbocycles. The maximum atomic E-state index is 11.0. The Bertz CT molecular complexity index is 204. The lowest BCUT2D eigenvalue weighted by atomic mass is 10.1. The molecule has 0 amide bonds. The third kappa shape index (κ3) is 6.56. The fourth-order valence-corrected chi connectivity index (χ4v) is 0.997. The summed E-state index contributed by atoms with van der Waals surface area (Å²) in [5.41, 5.74) is 0. The van der Waals surface area contributed by atoms with Crippen molar-refractivity contribution in [2.45, 2.75) is 19.4 Å². The zero-order valence-corrected chi connectivity index (χ0v) is 8.91. The number of carbonyl (C=O) groups is 2. The van der Waals surface area contributed by atoms with Crippen molar-refractivity contribution in [1.82, 2.24) is 10.2 Å². The van der Waals surface area contributed by atoms with Gasteiger partial charge in [-0.25, -0.2) is 0 Å². The summed E-state index contributed by atoms with van der Waals surface area (Å²) in [5, 5.41) is 11.4. The van der Waals surface area contributed by atoms with Crippen LogP contribution in [0.3, 0.4) is 0 Å². The van der Waals surface area contributed by atoms with Gasteiger partial charge in [-0.05, 0) is 21.0 Å². The summed E-state index contributed by atoms with van der Waals surface area (Å²) in [6, 6.07) is -0.563. The highest BCUT2D eigenvalue weighted by molar-refractivity contribution is 5.85. The Morgan fingerprint density at radius 3 is 2.36 bits per heavy atom. The van der Waals surface area contributed by atoms with Gasteiger partial charge in [0.05, 0.1) is 12.5 Å². The molecule has 0 heterocycles. The normalized spacial score (nSPS) is 12.9. The maximum absolute atomic E-state index is 11.0. The molecule has 0 aromatic rings. The Balaban J connectivity index is 3.86. The monoisotopic (exact) mass is 202 g/mol. The van der Waals surface area contributed by atoms with Gasteiger partial charge in [-0.3, -0.25) is 9.59 Å². The van der Waals surface area contributed by atoms with Gasteiger partial charge in [0, 0.05) is 13.1 Å². The van der Waals surface area contributed by atoms with E-state index in [1.807, 2.05) is 19.0 Å². The average Bonchev–Trinajstić information content (AvgIpc) is 2.00. The van der Waals surface area contributed by atoms with E-state index in [1.54, 1.807) is 0 Å². The van der Waals surface area contributed by atoms with E-state index in [0.29, 0.717) is 6.54 Å². The molecule has 0 aliphatic rings. The smallest absolute Gasteiger partial charge is 0.305 e. The third-order valence-electron chi connectivity index (χ3n) is 1.82. The van der Waals surface area contributed by atoms with Crippen LogP contribution in [0.4, 0.5) is 0 Å². The molecular weight excluding hydrogens is 184 g/mol. The molecule has 0 aromatic carbocycles. The van der Waals surface area contributed by atoms with Crippen molar-refractivity contribution in [1.29, 1.82) is 0 Å². The van der Waals surface area contributed by atoms with Gasteiger partial charge in [0.2, 0.25) is 0 Å². The second-order valence-corrected chi connectivity index (χ2v) is 3.52. The second-order valence-electron chi connectivity index (χ2n) is 3.52. The molecule has 0 rings (SSSR count). The number of hydrogen-bond donors (Lipinski definition) is 2. The first-order chi connectivity index (χ1) is 6.43. The number of nitrogens with one attached hydrogen (secondary N) is 1. The van der Waals surface area contributed by atoms with Gasteiger partial charge in [0.15, 0.2) is 0 Å². The van der Waals surface area contributed by atoms with E-state index in [1.165, 1.54) is 6.92 Å². The van der Waals surface area contributed by atoms with Crippen LogP contribution < -0.4 is 5.32 Å². The summed E-state index contributed by atoms with van der Waals surface area (Å²) in [7, 11) is 3.84. The Morgan fingerprint density at radius 1 is 1.43 bits per heavy atom. The first kappa shape index (κ1) is 13.1. The van der Waals surface area contributed by atoms with Crippen LogP contribution >= 0.6 is 0 Å². The van der Waals surface area contributed by atoms with Crippen molar-refractivity contribution >= 4 is 11.8 Å². The Hall–Kier alpha value is -0.940. The molecule has 0 spiro atoms. The average molecular weight is 202 g/mol. The molecule has 0 saturated heterocycles. The molecule has 1 atom stereocenters. The summed E-state index contributed by atoms with van der Waals surface area (Å²) >= 11 is 0. The van der Waals surface area contributed by atoms with Crippen LogP contribution in [0.15, 0.2) is 0 Å². The molecule has 0 saturated carbocycles. The van der Waals surface area contributed by atoms with Gasteiger partial charge in [-0.2, -0.15) is 0 Å². The molecule has 5 nitrogen and oxygen atoms in total. The van der Waals surface area contributed by atoms with Crippen LogP contribution in [0.5, 0.6) is 0 Å². The zero-order valence-electron chi connectivity index (χ0n) is 8.91. The third-order valence-corrected chi connectivity index (χ3v) is 1.82. The number of carboxylic acid groups (broad SMARTS) is 1. The molecule has 0 aliphatic heterocycles. The summed E-state index contributed by atoms with van der Waals surface area (Å²) < 4.78 is 0. The zero-order chi connectivity index (χ0) is 11.1. The van der Waals surface area contributed by atoms with E-state index in [9.17, 15) is 9.59 Å². The number of ketones is 1. The Morgan fingerprint density at radius 2 is 2.00 bits per heavy atom. The van der Waals surface area contributed by atoms with Gasteiger partial charge in [-0.1, -0.05) is 0 Å². The molecule has 2 N–H and O–H groups in total. The second kappa shape index (κ2) is 6.50. The van der Waals surface area contributed by atoms with Gasteiger partial charge in [0.1, 0.15) is 5.78 Å². The molecule has 1 unspecified atom stereocenters. The van der Waals surface area contributed by atoms with Gasteiger partial charge >= 0.3 is 5.97 Å². The molecule has 0 fully saturated rings. The van der Waals surface area contributed by atoms with Gasteiger partial charge in [-0.15, -0.1) is 0 Å². The van der Waals surface area contributed by atoms with E-state index in [0.717, 1.165) is 6.54 Å². The molecule has 0 radical (unpaired) electrons.